The van der Waals surface area contributed by atoms with Crippen molar-refractivity contribution in [1.29, 1.82) is 0 Å². The van der Waals surface area contributed by atoms with Crippen LogP contribution in [0.15, 0.2) is 47.4 Å². The summed E-state index contributed by atoms with van der Waals surface area (Å²) in [5.41, 5.74) is 0.320. The molecular weight excluding hydrogens is 373 g/mol. The summed E-state index contributed by atoms with van der Waals surface area (Å²) in [5.74, 6) is -0.973. The Balaban J connectivity index is 2.16. The molecule has 1 amide bonds. The second-order valence-corrected chi connectivity index (χ2v) is 7.70. The number of ether oxygens (including phenoxy) is 1. The van der Waals surface area contributed by atoms with Crippen molar-refractivity contribution in [3.63, 3.8) is 0 Å². The van der Waals surface area contributed by atoms with E-state index < -0.39 is 21.5 Å². The fraction of sp³-hybridized carbons (Fsp3) is 0.188. The third-order valence-electron chi connectivity index (χ3n) is 3.01. The molecule has 0 fully saturated rings. The van der Waals surface area contributed by atoms with Gasteiger partial charge in [0.15, 0.2) is 9.84 Å². The van der Waals surface area contributed by atoms with E-state index in [2.05, 4.69) is 5.32 Å². The van der Waals surface area contributed by atoms with E-state index >= 15 is 0 Å². The molecule has 0 saturated heterocycles. The summed E-state index contributed by atoms with van der Waals surface area (Å²) < 4.78 is 29.9. The van der Waals surface area contributed by atoms with Crippen molar-refractivity contribution in [2.24, 2.45) is 0 Å². The highest BCUT2D eigenvalue weighted by molar-refractivity contribution is 7.92. The Morgan fingerprint density at radius 3 is 2.33 bits per heavy atom. The normalized spacial score (nSPS) is 11.1. The van der Waals surface area contributed by atoms with E-state index in [-0.39, 0.29) is 4.90 Å². The van der Waals surface area contributed by atoms with Crippen molar-refractivity contribution in [2.45, 2.75) is 11.8 Å². The van der Waals surface area contributed by atoms with Crippen molar-refractivity contribution in [1.82, 2.24) is 0 Å². The van der Waals surface area contributed by atoms with Gasteiger partial charge in [-0.15, -0.1) is 0 Å². The fourth-order valence-corrected chi connectivity index (χ4v) is 3.40. The highest BCUT2D eigenvalue weighted by Crippen LogP contribution is 2.28. The number of amides is 1. The smallest absolute Gasteiger partial charge is 0.240 e. The van der Waals surface area contributed by atoms with Crippen LogP contribution in [0.5, 0.6) is 5.75 Å². The number of sulfone groups is 1. The number of carbonyl (C=O) groups is 1. The summed E-state index contributed by atoms with van der Waals surface area (Å²) in [5, 5.41) is 3.33. The van der Waals surface area contributed by atoms with Crippen molar-refractivity contribution in [3.8, 4) is 5.75 Å². The second kappa shape index (κ2) is 7.88. The van der Waals surface area contributed by atoms with Crippen LogP contribution in [0.1, 0.15) is 6.92 Å². The molecule has 0 unspecified atom stereocenters. The van der Waals surface area contributed by atoms with Crippen LogP contribution < -0.4 is 10.1 Å². The molecule has 0 aliphatic carbocycles. The van der Waals surface area contributed by atoms with Gasteiger partial charge < -0.3 is 10.1 Å². The molecule has 8 heteroatoms. The van der Waals surface area contributed by atoms with E-state index in [4.69, 9.17) is 27.9 Å². The largest absolute Gasteiger partial charge is 0.492 e. The first-order valence-corrected chi connectivity index (χ1v) is 9.43. The highest BCUT2D eigenvalue weighted by Gasteiger charge is 2.20. The van der Waals surface area contributed by atoms with Crippen LogP contribution in [0, 0.1) is 0 Å². The molecule has 0 aliphatic rings. The SMILES string of the molecule is CCOc1ccc(Cl)cc1NC(=O)CS(=O)(=O)c1ccc(Cl)cc1. The Kier molecular flexibility index (Phi) is 6.10. The lowest BCUT2D eigenvalue weighted by atomic mass is 10.3. The summed E-state index contributed by atoms with van der Waals surface area (Å²) in [6.45, 7) is 2.19. The van der Waals surface area contributed by atoms with Crippen LogP contribution in [0.3, 0.4) is 0 Å². The molecule has 0 heterocycles. The van der Waals surface area contributed by atoms with E-state index in [9.17, 15) is 13.2 Å². The lowest BCUT2D eigenvalue weighted by Crippen LogP contribution is -2.23. The zero-order chi connectivity index (χ0) is 17.7. The number of benzene rings is 2. The maximum absolute atomic E-state index is 12.3. The lowest BCUT2D eigenvalue weighted by Gasteiger charge is -2.12. The van der Waals surface area contributed by atoms with E-state index in [1.807, 2.05) is 0 Å². The molecule has 0 atom stereocenters. The number of hydrogen-bond donors (Lipinski definition) is 1. The summed E-state index contributed by atoms with van der Waals surface area (Å²) in [7, 11) is -3.78. The van der Waals surface area contributed by atoms with E-state index in [1.54, 1.807) is 19.1 Å². The quantitative estimate of drug-likeness (QED) is 0.817. The molecular formula is C16H15Cl2NO4S. The first kappa shape index (κ1) is 18.6. The van der Waals surface area contributed by atoms with E-state index in [1.165, 1.54) is 30.3 Å². The minimum Gasteiger partial charge on any atom is -0.492 e. The molecule has 0 aromatic heterocycles. The molecule has 128 valence electrons. The fourth-order valence-electron chi connectivity index (χ4n) is 1.97. The Morgan fingerprint density at radius 1 is 1.08 bits per heavy atom. The predicted molar refractivity (Wildman–Crippen MR) is 94.8 cm³/mol. The average Bonchev–Trinajstić information content (AvgIpc) is 2.50. The van der Waals surface area contributed by atoms with Crippen molar-refractivity contribution >= 4 is 44.6 Å². The minimum absolute atomic E-state index is 0.0261. The summed E-state index contributed by atoms with van der Waals surface area (Å²) >= 11 is 11.6. The monoisotopic (exact) mass is 387 g/mol. The Bertz CT molecular complexity index is 836. The highest BCUT2D eigenvalue weighted by atomic mass is 35.5. The third-order valence-corrected chi connectivity index (χ3v) is 5.13. The summed E-state index contributed by atoms with van der Waals surface area (Å²) in [6, 6.07) is 10.3. The number of anilines is 1. The first-order chi connectivity index (χ1) is 11.3. The van der Waals surface area contributed by atoms with Crippen LogP contribution in [0.25, 0.3) is 0 Å². The second-order valence-electron chi connectivity index (χ2n) is 4.83. The molecule has 0 bridgehead atoms. The van der Waals surface area contributed by atoms with Gasteiger partial charge in [-0.2, -0.15) is 0 Å². The van der Waals surface area contributed by atoms with Crippen LogP contribution in [0.4, 0.5) is 5.69 Å². The zero-order valence-electron chi connectivity index (χ0n) is 12.8. The zero-order valence-corrected chi connectivity index (χ0v) is 15.1. The van der Waals surface area contributed by atoms with Gasteiger partial charge in [-0.1, -0.05) is 23.2 Å². The molecule has 0 radical (unpaired) electrons. The summed E-state index contributed by atoms with van der Waals surface area (Å²) in [4.78, 5) is 12.1. The van der Waals surface area contributed by atoms with Gasteiger partial charge in [-0.3, -0.25) is 4.79 Å². The number of carbonyl (C=O) groups excluding carboxylic acids is 1. The van der Waals surface area contributed by atoms with E-state index in [0.29, 0.717) is 28.1 Å². The number of halogens is 2. The van der Waals surface area contributed by atoms with Crippen molar-refractivity contribution in [2.75, 3.05) is 17.7 Å². The average molecular weight is 388 g/mol. The lowest BCUT2D eigenvalue weighted by molar-refractivity contribution is -0.113. The minimum atomic E-state index is -3.78. The van der Waals surface area contributed by atoms with Gasteiger partial charge in [0.2, 0.25) is 5.91 Å². The summed E-state index contributed by atoms with van der Waals surface area (Å²) in [6.07, 6.45) is 0. The standard InChI is InChI=1S/C16H15Cl2NO4S/c1-2-23-15-8-5-12(18)9-14(15)19-16(20)10-24(21,22)13-6-3-11(17)4-7-13/h3-9H,2,10H2,1H3,(H,19,20). The van der Waals surface area contributed by atoms with Gasteiger partial charge >= 0.3 is 0 Å². The third kappa shape index (κ3) is 4.87. The molecule has 2 rings (SSSR count). The number of hydrogen-bond acceptors (Lipinski definition) is 4. The molecule has 2 aromatic rings. The predicted octanol–water partition coefficient (Wildman–Crippen LogP) is 3.80. The topological polar surface area (TPSA) is 72.5 Å². The Labute approximate surface area is 150 Å². The Hall–Kier alpha value is -1.76. The number of nitrogens with one attached hydrogen (secondary N) is 1. The molecule has 1 N–H and O–H groups in total. The van der Waals surface area contributed by atoms with Crippen LogP contribution in [-0.4, -0.2) is 26.7 Å². The van der Waals surface area contributed by atoms with Gasteiger partial charge in [0.1, 0.15) is 11.5 Å². The van der Waals surface area contributed by atoms with Gasteiger partial charge in [0.25, 0.3) is 0 Å². The van der Waals surface area contributed by atoms with Gasteiger partial charge in [-0.05, 0) is 49.4 Å². The van der Waals surface area contributed by atoms with Crippen LogP contribution >= 0.6 is 23.2 Å². The van der Waals surface area contributed by atoms with Crippen molar-refractivity contribution in [3.05, 3.63) is 52.5 Å². The first-order valence-electron chi connectivity index (χ1n) is 7.02. The number of rotatable bonds is 6. The molecule has 24 heavy (non-hydrogen) atoms. The van der Waals surface area contributed by atoms with Crippen molar-refractivity contribution < 1.29 is 17.9 Å². The Morgan fingerprint density at radius 2 is 1.71 bits per heavy atom. The molecule has 0 aliphatic heterocycles. The van der Waals surface area contributed by atoms with Gasteiger partial charge in [0.05, 0.1) is 17.2 Å². The van der Waals surface area contributed by atoms with Crippen LogP contribution in [0.2, 0.25) is 10.0 Å². The molecule has 5 nitrogen and oxygen atoms in total. The molecule has 2 aromatic carbocycles. The maximum atomic E-state index is 12.3. The van der Waals surface area contributed by atoms with E-state index in [0.717, 1.165) is 0 Å². The van der Waals surface area contributed by atoms with Crippen LogP contribution in [-0.2, 0) is 14.6 Å². The molecule has 0 saturated carbocycles. The molecule has 0 spiro atoms. The van der Waals surface area contributed by atoms with Gasteiger partial charge in [-0.25, -0.2) is 8.42 Å². The maximum Gasteiger partial charge on any atom is 0.240 e. The van der Waals surface area contributed by atoms with Gasteiger partial charge in [0, 0.05) is 10.0 Å².